The molecule has 23 nitrogen and oxygen atoms in total. The maximum atomic E-state index is 12.0. The van der Waals surface area contributed by atoms with E-state index in [1.54, 1.807) is 39.6 Å². The van der Waals surface area contributed by atoms with Gasteiger partial charge in [0.25, 0.3) is 0 Å². The average molecular weight is 1960 g/mol. The second kappa shape index (κ2) is 79.8. The van der Waals surface area contributed by atoms with E-state index in [1.807, 2.05) is 65.0 Å². The molecule has 137 heavy (non-hydrogen) atoms. The summed E-state index contributed by atoms with van der Waals surface area (Å²) in [4.78, 5) is 125. The molecule has 1 aromatic carbocycles. The van der Waals surface area contributed by atoms with Crippen molar-refractivity contribution in [3.8, 4) is 0 Å². The van der Waals surface area contributed by atoms with Crippen LogP contribution >= 0.6 is 11.8 Å². The molecule has 1 aromatic rings. The average Bonchev–Trinajstić information content (AvgIpc) is 0.846. The first-order chi connectivity index (χ1) is 63.2. The predicted octanol–water partition coefficient (Wildman–Crippen LogP) is 25.6. The number of ether oxygens (including phenoxy) is 12. The van der Waals surface area contributed by atoms with Crippen molar-refractivity contribution < 1.29 is 110 Å². The molecule has 13 atom stereocenters. The highest BCUT2D eigenvalue weighted by Gasteiger charge is 2.39. The van der Waals surface area contributed by atoms with Crippen LogP contribution in [0.2, 0.25) is 0 Å². The van der Waals surface area contributed by atoms with E-state index in [0.717, 1.165) is 69.6 Å². The Morgan fingerprint density at radius 2 is 0.577 bits per heavy atom. The van der Waals surface area contributed by atoms with Crippen LogP contribution < -0.4 is 0 Å². The van der Waals surface area contributed by atoms with Gasteiger partial charge < -0.3 is 56.8 Å². The molecule has 0 aromatic heterocycles. The highest BCUT2D eigenvalue weighted by Crippen LogP contribution is 2.39. The number of carbonyl (C=O) groups excluding carboxylic acids is 11. The van der Waals surface area contributed by atoms with Gasteiger partial charge in [0.2, 0.25) is 0 Å². The first-order valence-corrected chi connectivity index (χ1v) is 50.2. The molecule has 0 amide bonds. The lowest BCUT2D eigenvalue weighted by molar-refractivity contribution is -0.151. The summed E-state index contributed by atoms with van der Waals surface area (Å²) in [5, 5.41) is 0. The number of benzene rings is 1. The molecule has 0 fully saturated rings. The van der Waals surface area contributed by atoms with Gasteiger partial charge in [-0.25, -0.2) is 0 Å². The molecule has 0 saturated carbocycles. The zero-order valence-corrected chi connectivity index (χ0v) is 95.4. The lowest BCUT2D eigenvalue weighted by Crippen LogP contribution is -2.42. The fourth-order valence-corrected chi connectivity index (χ4v) is 14.5. The number of thioether (sulfide) groups is 1. The van der Waals surface area contributed by atoms with Crippen LogP contribution in [0.3, 0.4) is 0 Å². The van der Waals surface area contributed by atoms with Crippen molar-refractivity contribution in [1.29, 1.82) is 0 Å². The Bertz CT molecular complexity index is 3450. The van der Waals surface area contributed by atoms with Crippen molar-refractivity contribution in [2.45, 2.75) is 315 Å². The summed E-state index contributed by atoms with van der Waals surface area (Å²) >= 11 is 1.80. The molecule has 0 N–H and O–H groups in total. The molecule has 0 heterocycles. The number of hydrogen-bond acceptors (Lipinski definition) is 24. The van der Waals surface area contributed by atoms with Crippen LogP contribution in [0.4, 0.5) is 0 Å². The fraction of sp³-hybridized carbons (Fsp3) is 0.726. The van der Waals surface area contributed by atoms with Crippen molar-refractivity contribution in [3.05, 3.63) is 121 Å². The number of ketones is 2. The van der Waals surface area contributed by atoms with E-state index >= 15 is 0 Å². The minimum atomic E-state index is -0.657. The zero-order chi connectivity index (χ0) is 109. The van der Waals surface area contributed by atoms with Crippen LogP contribution in [-0.2, 0) is 110 Å². The van der Waals surface area contributed by atoms with Crippen LogP contribution in [0.25, 0.3) is 0 Å². The Balaban J connectivity index is -0.000000228. The Kier molecular flexibility index (Phi) is 84.2. The molecule has 24 heteroatoms. The van der Waals surface area contributed by atoms with Gasteiger partial charge in [-0.3, -0.25) is 52.7 Å². The highest BCUT2D eigenvalue weighted by molar-refractivity contribution is 7.98. The lowest BCUT2D eigenvalue weighted by atomic mass is 9.72. The Labute approximate surface area is 839 Å². The van der Waals surface area contributed by atoms with Gasteiger partial charge in [0.1, 0.15) is 11.6 Å². The topological polar surface area (TPSA) is 299 Å². The van der Waals surface area contributed by atoms with E-state index in [1.165, 1.54) is 78.2 Å². The third-order valence-corrected chi connectivity index (χ3v) is 26.1. The predicted molar refractivity (Wildman–Crippen MR) is 565 cm³/mol. The first-order valence-electron chi connectivity index (χ1n) is 48.8. The summed E-state index contributed by atoms with van der Waals surface area (Å²) in [6.07, 6.45) is 8.04. The van der Waals surface area contributed by atoms with Gasteiger partial charge in [0.15, 0.2) is 0 Å². The molecule has 0 aliphatic heterocycles. The molecule has 1 rings (SSSR count). The molecule has 0 aliphatic carbocycles. The number of allylic oxidation sites excluding steroid dienone is 6. The number of Topliss-reactive ketones (excluding diaryl/α,β-unsaturated/α-hetero) is 2. The summed E-state index contributed by atoms with van der Waals surface area (Å²) < 4.78 is 57.8. The minimum absolute atomic E-state index is 0.0148. The number of hydrogen-bond donors (Lipinski definition) is 0. The highest BCUT2D eigenvalue weighted by atomic mass is 32.2. The largest absolute Gasteiger partial charge is 0.469 e. The number of carbonyl (C=O) groups is 11. The van der Waals surface area contributed by atoms with Crippen molar-refractivity contribution in [2.75, 3.05) is 97.3 Å². The summed E-state index contributed by atoms with van der Waals surface area (Å²) in [5.74, 6) is 3.61. The smallest absolute Gasteiger partial charge is 0.306 e. The number of methoxy groups -OCH3 is 12. The molecule has 0 radical (unpaired) electrons. The maximum Gasteiger partial charge on any atom is 0.306 e. The van der Waals surface area contributed by atoms with Gasteiger partial charge in [-0.2, -0.15) is 11.8 Å². The molecule has 0 unspecified atom stereocenters. The van der Waals surface area contributed by atoms with Crippen LogP contribution in [0.1, 0.15) is 303 Å². The van der Waals surface area contributed by atoms with E-state index in [4.69, 9.17) is 37.9 Å². The molecule has 0 spiro atoms. The molecule has 796 valence electrons. The third kappa shape index (κ3) is 65.0. The van der Waals surface area contributed by atoms with Crippen molar-refractivity contribution in [3.63, 3.8) is 0 Å². The van der Waals surface area contributed by atoms with Crippen LogP contribution in [0.15, 0.2) is 115 Å². The normalized spacial score (nSPS) is 13.8. The number of rotatable bonds is 51. The van der Waals surface area contributed by atoms with Gasteiger partial charge in [0.05, 0.1) is 151 Å². The van der Waals surface area contributed by atoms with E-state index in [0.29, 0.717) is 104 Å². The van der Waals surface area contributed by atoms with Gasteiger partial charge in [-0.05, 0) is 146 Å². The summed E-state index contributed by atoms with van der Waals surface area (Å²) in [7, 11) is 17.3. The third-order valence-electron chi connectivity index (χ3n) is 25.5. The standard InChI is InChI=1S/C15H20O2.3C13H24O2.C12H22O4.C12H22O3.C12H22O2S.C12H22O2.C11H20O4/c1-11(2)12(3)14(10-15(16)17-4)13-8-6-5-7-9-13;1-9(2)10(3)11(13(4,5)6)8-12(14)15-7;2*1-7-10(4)12(8-13(14)15-6)11(5)9(2)3;1-8(2)11(14)9(7-10(13)15-5)12(3,4)16-6;1-8(2)9(3)11(10(4)14-5)7-12(13)15-6;1-9(2)10(3)11(6-7-15-5)8-12(13)14-4;1-8(2)10(5)11(9(3)4)7-12(13)14-6;1-7(2)11(13)9(8(3)14-4)6-10(12)15-5/h5-9,11,14H,3,10H2,1-2,4H3;9,11H,3,8H2,1-2,4-7H3;2*9-10,12H,5,7-8H2,1-4,6H3;8-9H,7H2,1-6H3;8,10-11H,3,7H2,1-2,4-6H3;9,11H,3,6-8H2,1-2,4-5H3;8-9,11H,5,7H2,1-4,6H3;7-9H,6H2,1-5H3/t14-;11-;10-,12+;10-,12-;9-;10-,11-;2*11-;8-,9-/m111011100/s1. The maximum absolute atomic E-state index is 12.0. The molecular formula is C113H200O23S. The Morgan fingerprint density at radius 3 is 0.854 bits per heavy atom. The second-order valence-electron chi connectivity index (χ2n) is 39.9. The zero-order valence-electron chi connectivity index (χ0n) is 94.6. The molecule has 0 saturated heterocycles. The Morgan fingerprint density at radius 1 is 0.307 bits per heavy atom. The Hall–Kier alpha value is -7.80. The van der Waals surface area contributed by atoms with Crippen LogP contribution in [-0.4, -0.2) is 180 Å². The molecule has 0 aliphatic rings. The summed E-state index contributed by atoms with van der Waals surface area (Å²) in [6, 6.07) is 9.99. The van der Waals surface area contributed by atoms with Crippen molar-refractivity contribution >= 4 is 77.1 Å². The first kappa shape index (κ1) is 145. The van der Waals surface area contributed by atoms with Crippen LogP contribution in [0, 0.1) is 124 Å². The van der Waals surface area contributed by atoms with Gasteiger partial charge in [0, 0.05) is 45.0 Å². The van der Waals surface area contributed by atoms with Crippen LogP contribution in [0.5, 0.6) is 0 Å². The van der Waals surface area contributed by atoms with Gasteiger partial charge >= 0.3 is 53.7 Å². The second-order valence-corrected chi connectivity index (χ2v) is 40.9. The molecule has 0 bridgehead atoms. The van der Waals surface area contributed by atoms with Crippen molar-refractivity contribution in [2.24, 2.45) is 124 Å². The van der Waals surface area contributed by atoms with E-state index in [-0.39, 0.29) is 149 Å². The van der Waals surface area contributed by atoms with Gasteiger partial charge in [-0.15, -0.1) is 0 Å². The lowest BCUT2D eigenvalue weighted by Gasteiger charge is -2.33. The van der Waals surface area contributed by atoms with Crippen molar-refractivity contribution in [1.82, 2.24) is 0 Å². The SMILES string of the molecule is C=C(C(C)C)[C@@H](CC(=O)OC)C(C)(C)C.C=C(C(C)C)[C@@H](CC(=O)OC)C(C)C.C=C(C(C)C)[C@@H](CC(=O)OC)[C@@H](C)CC.C=C(C(C)C)[C@@H](CC(=O)OC)[C@@H](C)OC.C=C(C(C)C)[C@@H](CC(=O)OC)[C@H](C)CC.C=C(C(C)C)[C@@H](CC(=O)OC)c1ccccc1.C=C(C(C)C)[C@H](CCSC)CC(=O)OC.COC(=O)C[C@H](C(=O)C(C)C)C(C)(C)OC.COC(=O)C[C@H](C(=O)C(C)C)[C@H](C)OC. The fourth-order valence-electron chi connectivity index (χ4n) is 14.0. The van der Waals surface area contributed by atoms with E-state index in [9.17, 15) is 52.7 Å². The van der Waals surface area contributed by atoms with Gasteiger partial charge in [-0.1, -0.05) is 315 Å². The minimum Gasteiger partial charge on any atom is -0.469 e. The van der Waals surface area contributed by atoms with E-state index < -0.39 is 17.4 Å². The summed E-state index contributed by atoms with van der Waals surface area (Å²) in [5.41, 5.74) is 8.38. The molecular weight excluding hydrogens is 1760 g/mol. The summed E-state index contributed by atoms with van der Waals surface area (Å²) in [6.45, 7) is 91.9. The monoisotopic (exact) mass is 1960 g/mol. The van der Waals surface area contributed by atoms with E-state index in [2.05, 4.69) is 231 Å². The number of esters is 9. The quantitative estimate of drug-likeness (QED) is 0.0332.